The molecule has 0 saturated carbocycles. The quantitative estimate of drug-likeness (QED) is 0.569. The Bertz CT molecular complexity index is 433. The third-order valence-electron chi connectivity index (χ3n) is 2.37. The van der Waals surface area contributed by atoms with Gasteiger partial charge in [0, 0.05) is 0 Å². The van der Waals surface area contributed by atoms with Crippen LogP contribution in [0.15, 0.2) is 21.9 Å². The molecule has 15 heavy (non-hydrogen) atoms. The Morgan fingerprint density at radius 2 is 1.93 bits per heavy atom. The molecule has 78 valence electrons. The average Bonchev–Trinajstić information content (AvgIpc) is 2.67. The summed E-state index contributed by atoms with van der Waals surface area (Å²) in [6.07, 6.45) is 1.59. The van der Waals surface area contributed by atoms with E-state index in [9.17, 15) is 9.59 Å². The summed E-state index contributed by atoms with van der Waals surface area (Å²) in [4.78, 5) is 22.7. The highest BCUT2D eigenvalue weighted by molar-refractivity contribution is 6.25. The Morgan fingerprint density at radius 1 is 1.20 bits per heavy atom. The number of nitrogens with one attached hydrogen (secondary N) is 2. The van der Waals surface area contributed by atoms with Crippen molar-refractivity contribution in [2.75, 3.05) is 0 Å². The van der Waals surface area contributed by atoms with E-state index in [1.54, 1.807) is 19.9 Å². The Balaban J connectivity index is 2.30. The summed E-state index contributed by atoms with van der Waals surface area (Å²) in [7, 11) is 0. The van der Waals surface area contributed by atoms with Crippen LogP contribution in [0, 0.1) is 5.92 Å². The lowest BCUT2D eigenvalue weighted by molar-refractivity contribution is -0.121. The lowest BCUT2D eigenvalue weighted by atomic mass is 9.99. The zero-order valence-corrected chi connectivity index (χ0v) is 8.37. The smallest absolute Gasteiger partial charge is 0.272 e. The van der Waals surface area contributed by atoms with Crippen LogP contribution in [0.25, 0.3) is 0 Å². The topological polar surface area (TPSA) is 82.9 Å². The molecule has 0 aliphatic carbocycles. The molecule has 2 aliphatic heterocycles. The molecule has 2 heterocycles. The Morgan fingerprint density at radius 3 is 2.40 bits per heavy atom. The number of hydrogen-bond donors (Lipinski definition) is 2. The first-order valence-electron chi connectivity index (χ1n) is 4.50. The third kappa shape index (κ3) is 1.54. The average molecular weight is 206 g/mol. The van der Waals surface area contributed by atoms with Gasteiger partial charge in [-0.05, 0) is 13.8 Å². The minimum Gasteiger partial charge on any atom is -0.272 e. The molecule has 1 atom stereocenters. The van der Waals surface area contributed by atoms with Gasteiger partial charge in [-0.1, -0.05) is 6.08 Å². The highest BCUT2D eigenvalue weighted by Gasteiger charge is 2.28. The van der Waals surface area contributed by atoms with Crippen molar-refractivity contribution in [3.05, 3.63) is 11.6 Å². The van der Waals surface area contributed by atoms with E-state index in [1.165, 1.54) is 0 Å². The first kappa shape index (κ1) is 9.57. The van der Waals surface area contributed by atoms with Crippen LogP contribution in [0.2, 0.25) is 0 Å². The fraction of sp³-hybridized carbons (Fsp3) is 0.333. The van der Waals surface area contributed by atoms with Crippen LogP contribution in [0.3, 0.4) is 0 Å². The number of rotatable bonds is 1. The summed E-state index contributed by atoms with van der Waals surface area (Å²) < 4.78 is 0. The third-order valence-corrected chi connectivity index (χ3v) is 2.37. The summed E-state index contributed by atoms with van der Waals surface area (Å²) in [5.74, 6) is -0.957. The van der Waals surface area contributed by atoms with Crippen LogP contribution in [0.4, 0.5) is 0 Å². The van der Waals surface area contributed by atoms with Gasteiger partial charge < -0.3 is 0 Å². The molecule has 0 aromatic carbocycles. The second kappa shape index (κ2) is 3.30. The van der Waals surface area contributed by atoms with Crippen molar-refractivity contribution in [3.8, 4) is 0 Å². The maximum Gasteiger partial charge on any atom is 0.272 e. The molecule has 6 nitrogen and oxygen atoms in total. The van der Waals surface area contributed by atoms with Gasteiger partial charge in [0.1, 0.15) is 0 Å². The van der Waals surface area contributed by atoms with E-state index in [2.05, 4.69) is 21.1 Å². The van der Waals surface area contributed by atoms with Crippen molar-refractivity contribution >= 4 is 23.2 Å². The first-order valence-corrected chi connectivity index (χ1v) is 4.50. The van der Waals surface area contributed by atoms with Gasteiger partial charge in [0.2, 0.25) is 0 Å². The monoisotopic (exact) mass is 206 g/mol. The van der Waals surface area contributed by atoms with Gasteiger partial charge >= 0.3 is 0 Å². The van der Waals surface area contributed by atoms with Crippen LogP contribution < -0.4 is 10.9 Å². The number of hydrogen-bond acceptors (Lipinski definition) is 4. The summed E-state index contributed by atoms with van der Waals surface area (Å²) in [6.45, 7) is 3.45. The van der Waals surface area contributed by atoms with E-state index in [4.69, 9.17) is 0 Å². The SMILES string of the molecule is CC1=NNC(=O)/C1=C\C1C(=O)NN=C1C. The molecule has 2 N–H and O–H groups in total. The van der Waals surface area contributed by atoms with E-state index in [0.29, 0.717) is 17.0 Å². The van der Waals surface area contributed by atoms with Crippen molar-refractivity contribution in [1.82, 2.24) is 10.9 Å². The van der Waals surface area contributed by atoms with E-state index >= 15 is 0 Å². The maximum absolute atomic E-state index is 11.3. The van der Waals surface area contributed by atoms with E-state index in [-0.39, 0.29) is 11.8 Å². The molecule has 2 rings (SSSR count). The van der Waals surface area contributed by atoms with Crippen molar-refractivity contribution < 1.29 is 9.59 Å². The fourth-order valence-corrected chi connectivity index (χ4v) is 1.45. The standard InChI is InChI=1S/C9H10N4O2/c1-4-6(8(14)12-10-4)3-7-5(2)11-13-9(7)15/h3,6H,1-2H3,(H,12,14)(H,13,15)/b7-3-. The predicted octanol–water partition coefficient (Wildman–Crippen LogP) is -0.460. The summed E-state index contributed by atoms with van der Waals surface area (Å²) in [5.41, 5.74) is 6.37. The molecular formula is C9H10N4O2. The molecular weight excluding hydrogens is 196 g/mol. The van der Waals surface area contributed by atoms with Gasteiger partial charge in [0.15, 0.2) is 0 Å². The fourth-order valence-electron chi connectivity index (χ4n) is 1.45. The highest BCUT2D eigenvalue weighted by atomic mass is 16.2. The predicted molar refractivity (Wildman–Crippen MR) is 54.1 cm³/mol. The molecule has 2 amide bonds. The van der Waals surface area contributed by atoms with Gasteiger partial charge in [-0.25, -0.2) is 10.9 Å². The molecule has 1 unspecified atom stereocenters. The molecule has 0 saturated heterocycles. The molecule has 0 aromatic rings. The molecule has 0 fully saturated rings. The van der Waals surface area contributed by atoms with Crippen LogP contribution in [0.1, 0.15) is 13.8 Å². The normalized spacial score (nSPS) is 27.6. The van der Waals surface area contributed by atoms with Gasteiger partial charge in [0.25, 0.3) is 11.8 Å². The minimum atomic E-state index is -0.464. The van der Waals surface area contributed by atoms with Crippen LogP contribution in [-0.2, 0) is 9.59 Å². The minimum absolute atomic E-state index is 0.215. The number of carbonyl (C=O) groups is 2. The second-order valence-corrected chi connectivity index (χ2v) is 3.43. The summed E-state index contributed by atoms with van der Waals surface area (Å²) in [6, 6.07) is 0. The lowest BCUT2D eigenvalue weighted by Crippen LogP contribution is -2.22. The van der Waals surface area contributed by atoms with Gasteiger partial charge in [0.05, 0.1) is 22.9 Å². The van der Waals surface area contributed by atoms with Crippen molar-refractivity contribution in [2.24, 2.45) is 16.1 Å². The van der Waals surface area contributed by atoms with E-state index in [0.717, 1.165) is 0 Å². The zero-order chi connectivity index (χ0) is 11.0. The molecule has 6 heteroatoms. The van der Waals surface area contributed by atoms with E-state index in [1.807, 2.05) is 0 Å². The Kier molecular flexibility index (Phi) is 2.11. The molecule has 0 spiro atoms. The van der Waals surface area contributed by atoms with Crippen LogP contribution in [-0.4, -0.2) is 23.2 Å². The summed E-state index contributed by atoms with van der Waals surface area (Å²) >= 11 is 0. The number of nitrogens with zero attached hydrogens (tertiary/aromatic N) is 2. The van der Waals surface area contributed by atoms with Crippen molar-refractivity contribution in [3.63, 3.8) is 0 Å². The summed E-state index contributed by atoms with van der Waals surface area (Å²) in [5, 5.41) is 7.56. The second-order valence-electron chi connectivity index (χ2n) is 3.43. The van der Waals surface area contributed by atoms with Gasteiger partial charge in [-0.2, -0.15) is 10.2 Å². The molecule has 0 bridgehead atoms. The van der Waals surface area contributed by atoms with Crippen LogP contribution in [0.5, 0.6) is 0 Å². The molecule has 0 radical (unpaired) electrons. The number of amides is 2. The van der Waals surface area contributed by atoms with E-state index < -0.39 is 5.92 Å². The highest BCUT2D eigenvalue weighted by Crippen LogP contribution is 2.14. The van der Waals surface area contributed by atoms with Crippen molar-refractivity contribution in [2.45, 2.75) is 13.8 Å². The number of hydrazone groups is 2. The zero-order valence-electron chi connectivity index (χ0n) is 8.37. The largest absolute Gasteiger partial charge is 0.272 e. The Hall–Kier alpha value is -1.98. The first-order chi connectivity index (χ1) is 7.09. The lowest BCUT2D eigenvalue weighted by Gasteiger charge is -2.02. The van der Waals surface area contributed by atoms with Crippen LogP contribution >= 0.6 is 0 Å². The number of carbonyl (C=O) groups excluding carboxylic acids is 2. The van der Waals surface area contributed by atoms with Crippen molar-refractivity contribution in [1.29, 1.82) is 0 Å². The maximum atomic E-state index is 11.3. The molecule has 2 aliphatic rings. The Labute approximate surface area is 86.1 Å². The van der Waals surface area contributed by atoms with Gasteiger partial charge in [-0.15, -0.1) is 0 Å². The van der Waals surface area contributed by atoms with Gasteiger partial charge in [-0.3, -0.25) is 9.59 Å². The molecule has 0 aromatic heterocycles.